The van der Waals surface area contributed by atoms with Gasteiger partial charge in [-0.3, -0.25) is 4.79 Å². The highest BCUT2D eigenvalue weighted by atomic mass is 32.2. The minimum Gasteiger partial charge on any atom is -0.326 e. The average molecular weight is 400 g/mol. The van der Waals surface area contributed by atoms with Gasteiger partial charge in [0.05, 0.1) is 11.3 Å². The predicted octanol–water partition coefficient (Wildman–Crippen LogP) is 1.72. The molecule has 0 aromatic heterocycles. The standard InChI is InChI=1S/C19H20N4O4S/c24-18-13-14-12-16(6-7-17(14)21-18)28(26,27)23-10-8-22(9-11-23)19(25)20-15-4-2-1-3-5-15/h1-7,12H,8-11,13H2,(H,20,25)(H,21,24). The van der Waals surface area contributed by atoms with E-state index in [1.807, 2.05) is 18.2 Å². The molecule has 3 amide bonds. The van der Waals surface area contributed by atoms with E-state index in [1.54, 1.807) is 29.2 Å². The number of amides is 3. The van der Waals surface area contributed by atoms with Gasteiger partial charge in [0.25, 0.3) is 0 Å². The molecular formula is C19H20N4O4S. The summed E-state index contributed by atoms with van der Waals surface area (Å²) in [5, 5.41) is 5.50. The Hall–Kier alpha value is -2.91. The van der Waals surface area contributed by atoms with Gasteiger partial charge in [-0.25, -0.2) is 13.2 Å². The summed E-state index contributed by atoms with van der Waals surface area (Å²) in [6, 6.07) is 13.6. The lowest BCUT2D eigenvalue weighted by atomic mass is 10.2. The number of sulfonamides is 1. The van der Waals surface area contributed by atoms with Crippen LogP contribution in [0.5, 0.6) is 0 Å². The second kappa shape index (κ2) is 7.25. The van der Waals surface area contributed by atoms with Gasteiger partial charge in [0.1, 0.15) is 0 Å². The number of piperazine rings is 1. The van der Waals surface area contributed by atoms with E-state index < -0.39 is 10.0 Å². The Labute approximate surface area is 163 Å². The third kappa shape index (κ3) is 3.58. The fraction of sp³-hybridized carbons (Fsp3) is 0.263. The Morgan fingerprint density at radius 2 is 1.71 bits per heavy atom. The van der Waals surface area contributed by atoms with Crippen LogP contribution in [0.15, 0.2) is 53.4 Å². The van der Waals surface area contributed by atoms with Gasteiger partial charge in [-0.1, -0.05) is 18.2 Å². The highest BCUT2D eigenvalue weighted by Crippen LogP contribution is 2.27. The van der Waals surface area contributed by atoms with Gasteiger partial charge in [-0.15, -0.1) is 0 Å². The number of para-hydroxylation sites is 1. The molecule has 9 heteroatoms. The quantitative estimate of drug-likeness (QED) is 0.820. The number of hydrogen-bond acceptors (Lipinski definition) is 4. The molecule has 2 aromatic carbocycles. The zero-order valence-electron chi connectivity index (χ0n) is 15.1. The molecule has 2 N–H and O–H groups in total. The van der Waals surface area contributed by atoms with Crippen molar-refractivity contribution in [1.29, 1.82) is 0 Å². The minimum atomic E-state index is -3.67. The van der Waals surface area contributed by atoms with Crippen LogP contribution in [0.1, 0.15) is 5.56 Å². The smallest absolute Gasteiger partial charge is 0.321 e. The van der Waals surface area contributed by atoms with Gasteiger partial charge >= 0.3 is 6.03 Å². The first kappa shape index (κ1) is 18.5. The molecule has 8 nitrogen and oxygen atoms in total. The van der Waals surface area contributed by atoms with Crippen molar-refractivity contribution in [2.45, 2.75) is 11.3 Å². The predicted molar refractivity (Wildman–Crippen MR) is 105 cm³/mol. The molecule has 2 heterocycles. The molecular weight excluding hydrogens is 380 g/mol. The zero-order chi connectivity index (χ0) is 19.7. The van der Waals surface area contributed by atoms with E-state index in [2.05, 4.69) is 10.6 Å². The second-order valence-corrected chi connectivity index (χ2v) is 8.67. The first-order valence-corrected chi connectivity index (χ1v) is 10.4. The SMILES string of the molecule is O=C1Cc2cc(S(=O)(=O)N3CCN(C(=O)Nc4ccccc4)CC3)ccc2N1. The maximum Gasteiger partial charge on any atom is 0.321 e. The molecule has 4 rings (SSSR count). The van der Waals surface area contributed by atoms with Gasteiger partial charge in [0, 0.05) is 37.6 Å². The third-order valence-corrected chi connectivity index (χ3v) is 6.79. The number of nitrogens with one attached hydrogen (secondary N) is 2. The van der Waals surface area contributed by atoms with Crippen LogP contribution < -0.4 is 10.6 Å². The number of carbonyl (C=O) groups excluding carboxylic acids is 2. The summed E-state index contributed by atoms with van der Waals surface area (Å²) >= 11 is 0. The lowest BCUT2D eigenvalue weighted by Crippen LogP contribution is -2.51. The van der Waals surface area contributed by atoms with Crippen molar-refractivity contribution < 1.29 is 18.0 Å². The number of anilines is 2. The van der Waals surface area contributed by atoms with Gasteiger partial charge in [-0.2, -0.15) is 4.31 Å². The molecule has 146 valence electrons. The topological polar surface area (TPSA) is 98.8 Å². The number of hydrogen-bond donors (Lipinski definition) is 2. The highest BCUT2D eigenvalue weighted by Gasteiger charge is 2.31. The zero-order valence-corrected chi connectivity index (χ0v) is 15.9. The summed E-state index contributed by atoms with van der Waals surface area (Å²) < 4.78 is 27.3. The maximum absolute atomic E-state index is 12.9. The highest BCUT2D eigenvalue weighted by molar-refractivity contribution is 7.89. The summed E-state index contributed by atoms with van der Waals surface area (Å²) in [4.78, 5) is 25.6. The van der Waals surface area contributed by atoms with Crippen LogP contribution in [0.3, 0.4) is 0 Å². The van der Waals surface area contributed by atoms with Crippen molar-refractivity contribution >= 4 is 33.3 Å². The number of benzene rings is 2. The van der Waals surface area contributed by atoms with Gasteiger partial charge in [0.2, 0.25) is 15.9 Å². The third-order valence-electron chi connectivity index (χ3n) is 4.89. The lowest BCUT2D eigenvalue weighted by molar-refractivity contribution is -0.115. The molecule has 2 aliphatic rings. The molecule has 2 aliphatic heterocycles. The Morgan fingerprint density at radius 1 is 1.00 bits per heavy atom. The van der Waals surface area contributed by atoms with Crippen molar-refractivity contribution in [2.75, 3.05) is 36.8 Å². The number of rotatable bonds is 3. The normalized spacial score (nSPS) is 17.1. The van der Waals surface area contributed by atoms with Crippen molar-refractivity contribution in [3.8, 4) is 0 Å². The molecule has 0 bridgehead atoms. The maximum atomic E-state index is 12.9. The van der Waals surface area contributed by atoms with Crippen molar-refractivity contribution in [1.82, 2.24) is 9.21 Å². The molecule has 0 radical (unpaired) electrons. The summed E-state index contributed by atoms with van der Waals surface area (Å²) in [6.45, 7) is 1.06. The van der Waals surface area contributed by atoms with Crippen LogP contribution in [-0.2, 0) is 21.2 Å². The van der Waals surface area contributed by atoms with E-state index in [0.29, 0.717) is 30.0 Å². The Kier molecular flexibility index (Phi) is 4.78. The molecule has 1 saturated heterocycles. The van der Waals surface area contributed by atoms with Gasteiger partial charge < -0.3 is 15.5 Å². The van der Waals surface area contributed by atoms with E-state index in [-0.39, 0.29) is 36.3 Å². The van der Waals surface area contributed by atoms with Crippen LogP contribution in [-0.4, -0.2) is 55.7 Å². The molecule has 2 aromatic rings. The van der Waals surface area contributed by atoms with Crippen LogP contribution in [0, 0.1) is 0 Å². The number of nitrogens with zero attached hydrogens (tertiary/aromatic N) is 2. The van der Waals surface area contributed by atoms with E-state index in [9.17, 15) is 18.0 Å². The van der Waals surface area contributed by atoms with Gasteiger partial charge in [0.15, 0.2) is 0 Å². The molecule has 0 spiro atoms. The fourth-order valence-corrected chi connectivity index (χ4v) is 4.84. The lowest BCUT2D eigenvalue weighted by Gasteiger charge is -2.34. The molecule has 0 atom stereocenters. The fourth-order valence-electron chi connectivity index (χ4n) is 3.37. The molecule has 0 aliphatic carbocycles. The van der Waals surface area contributed by atoms with E-state index in [4.69, 9.17) is 0 Å². The number of fused-ring (bicyclic) bond motifs is 1. The summed E-state index contributed by atoms with van der Waals surface area (Å²) in [5.74, 6) is -0.136. The van der Waals surface area contributed by atoms with Crippen LogP contribution in [0.25, 0.3) is 0 Å². The number of urea groups is 1. The largest absolute Gasteiger partial charge is 0.326 e. The molecule has 0 saturated carbocycles. The Morgan fingerprint density at radius 3 is 2.43 bits per heavy atom. The molecule has 0 unspecified atom stereocenters. The van der Waals surface area contributed by atoms with Crippen molar-refractivity contribution in [3.05, 3.63) is 54.1 Å². The average Bonchev–Trinajstić information content (AvgIpc) is 3.08. The van der Waals surface area contributed by atoms with Crippen LogP contribution in [0.4, 0.5) is 16.2 Å². The Bertz CT molecular complexity index is 1020. The van der Waals surface area contributed by atoms with E-state index in [1.165, 1.54) is 10.4 Å². The number of carbonyl (C=O) groups is 2. The van der Waals surface area contributed by atoms with Crippen molar-refractivity contribution in [3.63, 3.8) is 0 Å². The van der Waals surface area contributed by atoms with Crippen LogP contribution in [0.2, 0.25) is 0 Å². The minimum absolute atomic E-state index is 0.136. The first-order valence-electron chi connectivity index (χ1n) is 8.97. The van der Waals surface area contributed by atoms with Crippen molar-refractivity contribution in [2.24, 2.45) is 0 Å². The Balaban J connectivity index is 1.41. The monoisotopic (exact) mass is 400 g/mol. The summed E-state index contributed by atoms with van der Waals surface area (Å²) in [6.07, 6.45) is 0.187. The van der Waals surface area contributed by atoms with E-state index >= 15 is 0 Å². The molecule has 28 heavy (non-hydrogen) atoms. The van der Waals surface area contributed by atoms with Gasteiger partial charge in [-0.05, 0) is 35.9 Å². The first-order chi connectivity index (χ1) is 13.4. The summed E-state index contributed by atoms with van der Waals surface area (Å²) in [5.41, 5.74) is 2.04. The van der Waals surface area contributed by atoms with E-state index in [0.717, 1.165) is 0 Å². The summed E-state index contributed by atoms with van der Waals surface area (Å²) in [7, 11) is -3.67. The van der Waals surface area contributed by atoms with Crippen LogP contribution >= 0.6 is 0 Å². The second-order valence-electron chi connectivity index (χ2n) is 6.73. The molecule has 1 fully saturated rings.